The number of carboxylic acid groups (broad SMARTS) is 1. The van der Waals surface area contributed by atoms with E-state index >= 15 is 0 Å². The second-order valence-electron chi connectivity index (χ2n) is 7.63. The summed E-state index contributed by atoms with van der Waals surface area (Å²) >= 11 is 0. The molecule has 2 aromatic heterocycles. The highest BCUT2D eigenvalue weighted by Crippen LogP contribution is 2.44. The van der Waals surface area contributed by atoms with Gasteiger partial charge in [0, 0.05) is 10.9 Å². The van der Waals surface area contributed by atoms with Crippen molar-refractivity contribution in [3.8, 4) is 28.5 Å². The molecule has 0 spiro atoms. The van der Waals surface area contributed by atoms with Gasteiger partial charge in [0.2, 0.25) is 12.5 Å². The van der Waals surface area contributed by atoms with E-state index < -0.39 is 9.84 Å². The highest BCUT2D eigenvalue weighted by Gasteiger charge is 2.32. The van der Waals surface area contributed by atoms with Gasteiger partial charge in [-0.1, -0.05) is 0 Å². The Kier molecular flexibility index (Phi) is 5.68. The molecule has 1 N–H and O–H groups in total. The number of sulfone groups is 1. The van der Waals surface area contributed by atoms with Crippen LogP contribution < -0.4 is 14.2 Å². The van der Waals surface area contributed by atoms with E-state index in [0.717, 1.165) is 27.9 Å². The van der Waals surface area contributed by atoms with Crippen molar-refractivity contribution in [1.29, 1.82) is 0 Å². The average Bonchev–Trinajstić information content (AvgIpc) is 3.44. The molecular weight excluding hydrogens is 438 g/mol. The zero-order chi connectivity index (χ0) is 23.0. The monoisotopic (exact) mass is 461 g/mol. The van der Waals surface area contributed by atoms with Crippen molar-refractivity contribution in [2.24, 2.45) is 0 Å². The number of ether oxygens (including phenoxy) is 3. The van der Waals surface area contributed by atoms with E-state index in [2.05, 4.69) is 5.10 Å². The van der Waals surface area contributed by atoms with Gasteiger partial charge in [-0.3, -0.25) is 4.79 Å². The Morgan fingerprint density at radius 3 is 2.66 bits per heavy atom. The number of hydrogen-bond donors (Lipinski definition) is 1. The Morgan fingerprint density at radius 1 is 1.25 bits per heavy atom. The van der Waals surface area contributed by atoms with Crippen LogP contribution in [-0.4, -0.2) is 60.2 Å². The summed E-state index contributed by atoms with van der Waals surface area (Å²) in [6, 6.07) is 5.56. The van der Waals surface area contributed by atoms with Gasteiger partial charge in [0.05, 0.1) is 36.0 Å². The van der Waals surface area contributed by atoms with E-state index in [1.165, 1.54) is 0 Å². The number of fused-ring (bicyclic) bond motifs is 2. The number of carbonyl (C=O) groups is 1. The fourth-order valence-electron chi connectivity index (χ4n) is 4.18. The Balaban J connectivity index is 0.000000775. The van der Waals surface area contributed by atoms with Crippen LogP contribution in [0.3, 0.4) is 0 Å². The summed E-state index contributed by atoms with van der Waals surface area (Å²) in [5.41, 5.74) is 4.17. The van der Waals surface area contributed by atoms with Crippen molar-refractivity contribution in [3.05, 3.63) is 29.5 Å². The standard InChI is InChI=1S/C20H21N3O5S.CH2O2/c1-11-6-15(13-7-16(26-3)19-17(8-13)27-10-28-19)21-20-18(11)12(2)22-23(20)14-4-5-29(24,25)9-14;2-1-3/h6-8,14H,4-5,9-10H2,1-3H3;1H,(H,2,3). The lowest BCUT2D eigenvalue weighted by Gasteiger charge is -2.12. The topological polar surface area (TPSA) is 130 Å². The predicted molar refractivity (Wildman–Crippen MR) is 116 cm³/mol. The quantitative estimate of drug-likeness (QED) is 0.585. The molecule has 2 aliphatic rings. The highest BCUT2D eigenvalue weighted by atomic mass is 32.2. The van der Waals surface area contributed by atoms with Gasteiger partial charge in [0.25, 0.3) is 6.47 Å². The zero-order valence-electron chi connectivity index (χ0n) is 17.9. The lowest BCUT2D eigenvalue weighted by Crippen LogP contribution is -2.13. The molecule has 0 saturated carbocycles. The summed E-state index contributed by atoms with van der Waals surface area (Å²) in [7, 11) is -1.44. The number of benzene rings is 1. The van der Waals surface area contributed by atoms with Crippen LogP contribution in [-0.2, 0) is 14.6 Å². The first-order valence-electron chi connectivity index (χ1n) is 9.90. The SMILES string of the molecule is COc1cc(-c2cc(C)c3c(C)nn(C4CCS(=O)(=O)C4)c3n2)cc2c1OCO2.O=CO. The summed E-state index contributed by atoms with van der Waals surface area (Å²) in [5.74, 6) is 2.08. The third-order valence-corrected chi connectivity index (χ3v) is 7.29. The second-order valence-corrected chi connectivity index (χ2v) is 9.86. The van der Waals surface area contributed by atoms with E-state index in [9.17, 15) is 8.42 Å². The minimum Gasteiger partial charge on any atom is -0.493 e. The molecule has 32 heavy (non-hydrogen) atoms. The Labute approximate surface area is 184 Å². The molecule has 10 nitrogen and oxygen atoms in total. The van der Waals surface area contributed by atoms with Gasteiger partial charge in [-0.2, -0.15) is 5.10 Å². The predicted octanol–water partition coefficient (Wildman–Crippen LogP) is 2.51. The molecule has 0 aliphatic carbocycles. The summed E-state index contributed by atoms with van der Waals surface area (Å²) in [6.07, 6.45) is 0.557. The van der Waals surface area contributed by atoms with Crippen molar-refractivity contribution in [1.82, 2.24) is 14.8 Å². The third kappa shape index (κ3) is 3.83. The number of hydrogen-bond acceptors (Lipinski definition) is 8. The van der Waals surface area contributed by atoms with Crippen molar-refractivity contribution < 1.29 is 32.5 Å². The summed E-state index contributed by atoms with van der Waals surface area (Å²) < 4.78 is 42.2. The molecule has 2 aliphatic heterocycles. The summed E-state index contributed by atoms with van der Waals surface area (Å²) in [5, 5.41) is 12.5. The van der Waals surface area contributed by atoms with Gasteiger partial charge in [0.15, 0.2) is 27.0 Å². The summed E-state index contributed by atoms with van der Waals surface area (Å²) in [6.45, 7) is 3.85. The van der Waals surface area contributed by atoms with E-state index in [1.807, 2.05) is 32.0 Å². The van der Waals surface area contributed by atoms with Crippen molar-refractivity contribution in [3.63, 3.8) is 0 Å². The van der Waals surface area contributed by atoms with E-state index in [4.69, 9.17) is 29.1 Å². The molecule has 4 heterocycles. The molecule has 0 amide bonds. The first-order valence-corrected chi connectivity index (χ1v) is 11.7. The smallest absolute Gasteiger partial charge is 0.290 e. The van der Waals surface area contributed by atoms with Crippen LogP contribution in [0.4, 0.5) is 0 Å². The molecule has 1 saturated heterocycles. The Bertz CT molecular complexity index is 1300. The first kappa shape index (κ1) is 21.9. The van der Waals surface area contributed by atoms with E-state index in [1.54, 1.807) is 11.8 Å². The molecular formula is C21H23N3O7S. The van der Waals surface area contributed by atoms with Gasteiger partial charge < -0.3 is 19.3 Å². The van der Waals surface area contributed by atoms with Gasteiger partial charge in [-0.15, -0.1) is 0 Å². The fraction of sp³-hybridized carbons (Fsp3) is 0.381. The van der Waals surface area contributed by atoms with E-state index in [0.29, 0.717) is 29.3 Å². The molecule has 1 fully saturated rings. The van der Waals surface area contributed by atoms with Gasteiger partial charge in [0.1, 0.15) is 0 Å². The van der Waals surface area contributed by atoms with Crippen molar-refractivity contribution in [2.45, 2.75) is 26.3 Å². The average molecular weight is 461 g/mol. The molecule has 5 rings (SSSR count). The second kappa shape index (κ2) is 8.30. The molecule has 3 aromatic rings. The molecule has 11 heteroatoms. The fourth-order valence-corrected chi connectivity index (χ4v) is 5.87. The molecule has 1 unspecified atom stereocenters. The largest absolute Gasteiger partial charge is 0.493 e. The summed E-state index contributed by atoms with van der Waals surface area (Å²) in [4.78, 5) is 13.2. The van der Waals surface area contributed by atoms with Gasteiger partial charge in [-0.05, 0) is 44.0 Å². The van der Waals surface area contributed by atoms with Crippen molar-refractivity contribution >= 4 is 27.3 Å². The molecule has 1 aromatic carbocycles. The van der Waals surface area contributed by atoms with Gasteiger partial charge >= 0.3 is 0 Å². The molecule has 170 valence electrons. The Morgan fingerprint density at radius 2 is 2.00 bits per heavy atom. The number of rotatable bonds is 3. The number of pyridine rings is 1. The van der Waals surface area contributed by atoms with Crippen LogP contribution in [0.2, 0.25) is 0 Å². The van der Waals surface area contributed by atoms with Crippen molar-refractivity contribution in [2.75, 3.05) is 25.4 Å². The lowest BCUT2D eigenvalue weighted by molar-refractivity contribution is -0.122. The maximum absolute atomic E-state index is 12.0. The minimum absolute atomic E-state index is 0.103. The first-order chi connectivity index (χ1) is 15.3. The molecule has 0 bridgehead atoms. The van der Waals surface area contributed by atoms with Crippen LogP contribution in [0.15, 0.2) is 18.2 Å². The number of aryl methyl sites for hydroxylation is 2. The highest BCUT2D eigenvalue weighted by molar-refractivity contribution is 7.91. The van der Waals surface area contributed by atoms with Crippen LogP contribution in [0, 0.1) is 13.8 Å². The number of aromatic nitrogens is 3. The Hall–Kier alpha value is -3.34. The maximum Gasteiger partial charge on any atom is 0.290 e. The van der Waals surface area contributed by atoms with Crippen LogP contribution in [0.5, 0.6) is 17.2 Å². The molecule has 1 atom stereocenters. The minimum atomic E-state index is -3.03. The van der Waals surface area contributed by atoms with Gasteiger partial charge in [-0.25, -0.2) is 18.1 Å². The van der Waals surface area contributed by atoms with Crippen LogP contribution in [0.25, 0.3) is 22.3 Å². The third-order valence-electron chi connectivity index (χ3n) is 5.54. The number of methoxy groups -OCH3 is 1. The zero-order valence-corrected chi connectivity index (χ0v) is 18.7. The van der Waals surface area contributed by atoms with E-state index in [-0.39, 0.29) is 30.8 Å². The molecule has 0 radical (unpaired) electrons. The normalized spacial score (nSPS) is 18.3. The maximum atomic E-state index is 12.0. The number of nitrogens with zero attached hydrogens (tertiary/aromatic N) is 3. The van der Waals surface area contributed by atoms with Crippen LogP contribution >= 0.6 is 0 Å². The lowest BCUT2D eigenvalue weighted by atomic mass is 10.1. The van der Waals surface area contributed by atoms with Crippen LogP contribution in [0.1, 0.15) is 23.7 Å².